The van der Waals surface area contributed by atoms with Crippen LogP contribution in [-0.4, -0.2) is 28.4 Å². The maximum Gasteiger partial charge on any atom is 0.347 e. The number of hydrogen-bond acceptors (Lipinski definition) is 5. The van der Waals surface area contributed by atoms with Gasteiger partial charge in [0, 0.05) is 5.02 Å². The van der Waals surface area contributed by atoms with Crippen LogP contribution in [0.2, 0.25) is 10.0 Å². The minimum Gasteiger partial charge on any atom is -0.484 e. The lowest BCUT2D eigenvalue weighted by Crippen LogP contribution is -2.11. The second kappa shape index (κ2) is 6.43. The summed E-state index contributed by atoms with van der Waals surface area (Å²) in [7, 11) is 0. The van der Waals surface area contributed by atoms with Crippen molar-refractivity contribution < 1.29 is 19.4 Å². The van der Waals surface area contributed by atoms with Crippen LogP contribution in [0, 0.1) is 6.92 Å². The van der Waals surface area contributed by atoms with Crippen LogP contribution in [0.3, 0.4) is 0 Å². The molecule has 0 saturated carbocycles. The van der Waals surface area contributed by atoms with Crippen molar-refractivity contribution in [2.45, 2.75) is 6.92 Å². The van der Waals surface area contributed by atoms with Crippen molar-refractivity contribution in [3.05, 3.63) is 43.8 Å². The summed E-state index contributed by atoms with van der Waals surface area (Å²) in [5.74, 6) is -1.20. The zero-order valence-electron chi connectivity index (χ0n) is 10.7. The average molecular weight is 346 g/mol. The standard InChI is InChI=1S/C13H9Cl2NO4S/c1-6-11(13(18)19)21-12(16-6)9(17)5-20-10-3-2-7(14)4-8(10)15/h2-4H,5H2,1H3,(H,18,19). The summed E-state index contributed by atoms with van der Waals surface area (Å²) in [5.41, 5.74) is 0.306. The summed E-state index contributed by atoms with van der Waals surface area (Å²) < 4.78 is 5.30. The van der Waals surface area contributed by atoms with Gasteiger partial charge in [-0.1, -0.05) is 23.2 Å². The molecule has 0 bridgehead atoms. The lowest BCUT2D eigenvalue weighted by molar-refractivity contribution is 0.0701. The Morgan fingerprint density at radius 2 is 2.10 bits per heavy atom. The van der Waals surface area contributed by atoms with Crippen LogP contribution in [0.5, 0.6) is 5.75 Å². The number of aromatic nitrogens is 1. The molecule has 0 aliphatic heterocycles. The van der Waals surface area contributed by atoms with Crippen molar-refractivity contribution in [1.82, 2.24) is 4.98 Å². The molecule has 0 fully saturated rings. The predicted molar refractivity (Wildman–Crippen MR) is 80.1 cm³/mol. The van der Waals surface area contributed by atoms with Crippen molar-refractivity contribution >= 4 is 46.3 Å². The van der Waals surface area contributed by atoms with Crippen LogP contribution in [0.4, 0.5) is 0 Å². The maximum atomic E-state index is 11.9. The van der Waals surface area contributed by atoms with E-state index in [2.05, 4.69) is 4.98 Å². The van der Waals surface area contributed by atoms with Gasteiger partial charge < -0.3 is 9.84 Å². The molecular formula is C13H9Cl2NO4S. The molecule has 21 heavy (non-hydrogen) atoms. The van der Waals surface area contributed by atoms with Gasteiger partial charge in [-0.2, -0.15) is 0 Å². The van der Waals surface area contributed by atoms with E-state index in [1.807, 2.05) is 0 Å². The highest BCUT2D eigenvalue weighted by Gasteiger charge is 2.19. The predicted octanol–water partition coefficient (Wildman–Crippen LogP) is 3.72. The van der Waals surface area contributed by atoms with Gasteiger partial charge >= 0.3 is 5.97 Å². The lowest BCUT2D eigenvalue weighted by atomic mass is 10.3. The van der Waals surface area contributed by atoms with Crippen LogP contribution < -0.4 is 4.74 Å². The van der Waals surface area contributed by atoms with Crippen molar-refractivity contribution in [3.8, 4) is 5.75 Å². The van der Waals surface area contributed by atoms with Gasteiger partial charge in [-0.15, -0.1) is 11.3 Å². The quantitative estimate of drug-likeness (QED) is 0.835. The molecule has 8 heteroatoms. The smallest absolute Gasteiger partial charge is 0.347 e. The number of carboxylic acid groups (broad SMARTS) is 1. The van der Waals surface area contributed by atoms with Gasteiger partial charge in [-0.05, 0) is 25.1 Å². The molecule has 2 rings (SSSR count). The van der Waals surface area contributed by atoms with Gasteiger partial charge in [0.15, 0.2) is 11.6 Å². The molecule has 5 nitrogen and oxygen atoms in total. The molecule has 2 aromatic rings. The lowest BCUT2D eigenvalue weighted by Gasteiger charge is -2.06. The number of aromatic carboxylic acids is 1. The number of carbonyl (C=O) groups is 2. The molecule has 0 radical (unpaired) electrons. The number of hydrogen-bond donors (Lipinski definition) is 1. The highest BCUT2D eigenvalue weighted by molar-refractivity contribution is 7.15. The Labute approximate surface area is 134 Å². The zero-order valence-corrected chi connectivity index (χ0v) is 13.1. The molecule has 110 valence electrons. The molecule has 0 atom stereocenters. The second-order valence-electron chi connectivity index (χ2n) is 4.03. The van der Waals surface area contributed by atoms with E-state index >= 15 is 0 Å². The van der Waals surface area contributed by atoms with Crippen molar-refractivity contribution in [3.63, 3.8) is 0 Å². The molecule has 0 aliphatic carbocycles. The molecule has 0 spiro atoms. The summed E-state index contributed by atoms with van der Waals surface area (Å²) >= 11 is 12.5. The Morgan fingerprint density at radius 1 is 1.38 bits per heavy atom. The number of rotatable bonds is 5. The molecule has 0 amide bonds. The average Bonchev–Trinajstić information content (AvgIpc) is 2.80. The summed E-state index contributed by atoms with van der Waals surface area (Å²) in [6.07, 6.45) is 0. The minimum absolute atomic E-state index is 0.0443. The Balaban J connectivity index is 2.08. The van der Waals surface area contributed by atoms with Crippen LogP contribution in [-0.2, 0) is 0 Å². The number of aryl methyl sites for hydroxylation is 1. The summed E-state index contributed by atoms with van der Waals surface area (Å²) in [5, 5.41) is 9.77. The van der Waals surface area contributed by atoms with Gasteiger partial charge in [0.25, 0.3) is 0 Å². The Hall–Kier alpha value is -1.63. The first-order valence-corrected chi connectivity index (χ1v) is 7.27. The van der Waals surface area contributed by atoms with Crippen LogP contribution in [0.1, 0.15) is 25.2 Å². The highest BCUT2D eigenvalue weighted by atomic mass is 35.5. The molecule has 1 heterocycles. The van der Waals surface area contributed by atoms with E-state index in [-0.39, 0.29) is 21.5 Å². The fourth-order valence-corrected chi connectivity index (χ4v) is 2.80. The first kappa shape index (κ1) is 15.8. The van der Waals surface area contributed by atoms with Crippen molar-refractivity contribution in [2.75, 3.05) is 6.61 Å². The van der Waals surface area contributed by atoms with E-state index in [1.165, 1.54) is 13.0 Å². The maximum absolute atomic E-state index is 11.9. The van der Waals surface area contributed by atoms with Crippen LogP contribution >= 0.6 is 34.5 Å². The topological polar surface area (TPSA) is 76.5 Å². The molecule has 0 aliphatic rings. The molecule has 1 aromatic carbocycles. The number of carboxylic acids is 1. The van der Waals surface area contributed by atoms with Gasteiger partial charge in [-0.25, -0.2) is 9.78 Å². The number of benzene rings is 1. The van der Waals surface area contributed by atoms with Gasteiger partial charge in [-0.3, -0.25) is 4.79 Å². The number of nitrogens with zero attached hydrogens (tertiary/aromatic N) is 1. The largest absolute Gasteiger partial charge is 0.484 e. The third kappa shape index (κ3) is 3.72. The third-order valence-corrected chi connectivity index (χ3v) is 4.20. The number of Topliss-reactive ketones (excluding diaryl/α,β-unsaturated/α-hetero) is 1. The molecular weight excluding hydrogens is 337 g/mol. The molecule has 1 aromatic heterocycles. The summed E-state index contributed by atoms with van der Waals surface area (Å²) in [6, 6.07) is 4.63. The SMILES string of the molecule is Cc1nc(C(=O)COc2ccc(Cl)cc2Cl)sc1C(=O)O. The third-order valence-electron chi connectivity index (χ3n) is 2.48. The number of ketones is 1. The molecule has 0 unspecified atom stereocenters. The van der Waals surface area contributed by atoms with Crippen LogP contribution in [0.15, 0.2) is 18.2 Å². The van der Waals surface area contributed by atoms with Gasteiger partial charge in [0.1, 0.15) is 10.6 Å². The monoisotopic (exact) mass is 345 g/mol. The van der Waals surface area contributed by atoms with Gasteiger partial charge in [0.05, 0.1) is 10.7 Å². The first-order valence-electron chi connectivity index (χ1n) is 5.70. The Bertz CT molecular complexity index is 714. The second-order valence-corrected chi connectivity index (χ2v) is 5.87. The Morgan fingerprint density at radius 3 is 2.67 bits per heavy atom. The Kier molecular flexibility index (Phi) is 4.82. The van der Waals surface area contributed by atoms with E-state index in [9.17, 15) is 9.59 Å². The number of ether oxygens (including phenoxy) is 1. The van der Waals surface area contributed by atoms with Crippen molar-refractivity contribution in [2.24, 2.45) is 0 Å². The first-order chi connectivity index (χ1) is 9.88. The fourth-order valence-electron chi connectivity index (χ4n) is 1.51. The van der Waals surface area contributed by atoms with Crippen molar-refractivity contribution in [1.29, 1.82) is 0 Å². The highest BCUT2D eigenvalue weighted by Crippen LogP contribution is 2.27. The molecule has 0 saturated heterocycles. The zero-order chi connectivity index (χ0) is 15.6. The number of halogens is 2. The number of thiazole rings is 1. The van der Waals surface area contributed by atoms with E-state index in [4.69, 9.17) is 33.0 Å². The minimum atomic E-state index is -1.11. The van der Waals surface area contributed by atoms with E-state index < -0.39 is 11.8 Å². The van der Waals surface area contributed by atoms with Crippen LogP contribution in [0.25, 0.3) is 0 Å². The molecule has 1 N–H and O–H groups in total. The summed E-state index contributed by atoms with van der Waals surface area (Å²) in [6.45, 7) is 1.25. The summed E-state index contributed by atoms with van der Waals surface area (Å²) in [4.78, 5) is 26.8. The van der Waals surface area contributed by atoms with E-state index in [0.29, 0.717) is 16.5 Å². The van der Waals surface area contributed by atoms with E-state index in [1.54, 1.807) is 12.1 Å². The fraction of sp³-hybridized carbons (Fsp3) is 0.154. The normalized spacial score (nSPS) is 10.4. The van der Waals surface area contributed by atoms with E-state index in [0.717, 1.165) is 11.3 Å². The van der Waals surface area contributed by atoms with Gasteiger partial charge in [0.2, 0.25) is 5.78 Å². The number of carbonyl (C=O) groups excluding carboxylic acids is 1.